The van der Waals surface area contributed by atoms with Gasteiger partial charge in [-0.25, -0.2) is 4.79 Å². The van der Waals surface area contributed by atoms with E-state index in [2.05, 4.69) is 55.6 Å². The summed E-state index contributed by atoms with van der Waals surface area (Å²) < 4.78 is 4.84. The molecule has 3 atom stereocenters. The number of carbonyl (C=O) groups is 1. The van der Waals surface area contributed by atoms with E-state index in [1.54, 1.807) is 0 Å². The summed E-state index contributed by atoms with van der Waals surface area (Å²) in [5.41, 5.74) is 6.92. The van der Waals surface area contributed by atoms with E-state index >= 15 is 0 Å². The third-order valence-corrected chi connectivity index (χ3v) is 5.54. The Balaban J connectivity index is 1.74. The largest absolute Gasteiger partial charge is 0.465 e. The minimum atomic E-state index is -0.285. The molecule has 0 spiro atoms. The van der Waals surface area contributed by atoms with E-state index in [1.165, 1.54) is 29.5 Å². The number of hydrogen-bond donors (Lipinski definition) is 1. The molecule has 1 aliphatic heterocycles. The summed E-state index contributed by atoms with van der Waals surface area (Å²) in [5, 5.41) is 3.76. The minimum Gasteiger partial charge on any atom is -0.465 e. The highest BCUT2D eigenvalue weighted by Gasteiger charge is 2.38. The average molecular weight is 333 g/mol. The summed E-state index contributed by atoms with van der Waals surface area (Å²) in [6.07, 6.45) is 5.74. The smallest absolute Gasteiger partial charge is 0.337 e. The first kappa shape index (κ1) is 15.9. The minimum absolute atomic E-state index is 0.252. The molecule has 128 valence electrons. The van der Waals surface area contributed by atoms with Crippen LogP contribution in [0.4, 0.5) is 5.69 Å². The van der Waals surface area contributed by atoms with Crippen LogP contribution in [0.1, 0.15) is 51.0 Å². The van der Waals surface area contributed by atoms with Gasteiger partial charge in [0.05, 0.1) is 18.7 Å². The van der Waals surface area contributed by atoms with Crippen molar-refractivity contribution in [1.82, 2.24) is 0 Å². The van der Waals surface area contributed by atoms with Crippen LogP contribution in [0.2, 0.25) is 0 Å². The maximum atomic E-state index is 11.8. The lowest BCUT2D eigenvalue weighted by molar-refractivity contribution is 0.0600. The van der Waals surface area contributed by atoms with Crippen molar-refractivity contribution >= 4 is 11.7 Å². The van der Waals surface area contributed by atoms with E-state index in [0.29, 0.717) is 17.4 Å². The van der Waals surface area contributed by atoms with E-state index < -0.39 is 0 Å². The molecular formula is C22H23NO2. The molecule has 0 aromatic heterocycles. The van der Waals surface area contributed by atoms with Crippen LogP contribution in [0.15, 0.2) is 48.6 Å². The highest BCUT2D eigenvalue weighted by Crippen LogP contribution is 2.50. The normalized spacial score (nSPS) is 23.6. The monoisotopic (exact) mass is 333 g/mol. The number of ether oxygens (including phenoxy) is 1. The molecule has 0 saturated carbocycles. The molecule has 0 amide bonds. The Hall–Kier alpha value is -2.55. The quantitative estimate of drug-likeness (QED) is 0.626. The standard InChI is InChI=1S/C22H23NO2/c1-13-7-10-20-19(11-13)17-5-4-6-18(17)21(23-20)16-9-8-15(12-14(16)2)22(24)25-3/h4-5,7-12,17-18,21,23H,6H2,1-3H3. The maximum Gasteiger partial charge on any atom is 0.337 e. The van der Waals surface area contributed by atoms with Crippen LogP contribution in [0.5, 0.6) is 0 Å². The Bertz CT molecular complexity index is 868. The lowest BCUT2D eigenvalue weighted by Crippen LogP contribution is -2.29. The number of hydrogen-bond acceptors (Lipinski definition) is 3. The number of allylic oxidation sites excluding steroid dienone is 2. The van der Waals surface area contributed by atoms with Gasteiger partial charge in [0, 0.05) is 11.6 Å². The van der Waals surface area contributed by atoms with Gasteiger partial charge in [-0.15, -0.1) is 0 Å². The van der Waals surface area contributed by atoms with Crippen LogP contribution in [0.3, 0.4) is 0 Å². The third kappa shape index (κ3) is 2.64. The summed E-state index contributed by atoms with van der Waals surface area (Å²) in [5.74, 6) is 0.685. The molecule has 1 aliphatic carbocycles. The zero-order valence-corrected chi connectivity index (χ0v) is 14.9. The average Bonchev–Trinajstić information content (AvgIpc) is 3.11. The molecule has 3 heteroatoms. The summed E-state index contributed by atoms with van der Waals surface area (Å²) in [4.78, 5) is 11.8. The van der Waals surface area contributed by atoms with Crippen molar-refractivity contribution in [2.75, 3.05) is 12.4 Å². The van der Waals surface area contributed by atoms with Crippen molar-refractivity contribution in [1.29, 1.82) is 0 Å². The number of aryl methyl sites for hydroxylation is 2. The molecule has 0 fully saturated rings. The van der Waals surface area contributed by atoms with Gasteiger partial charge in [-0.3, -0.25) is 0 Å². The first-order valence-corrected chi connectivity index (χ1v) is 8.81. The van der Waals surface area contributed by atoms with E-state index in [9.17, 15) is 4.79 Å². The van der Waals surface area contributed by atoms with Crippen molar-refractivity contribution in [2.24, 2.45) is 5.92 Å². The molecule has 3 nitrogen and oxygen atoms in total. The van der Waals surface area contributed by atoms with Crippen molar-refractivity contribution in [2.45, 2.75) is 32.2 Å². The van der Waals surface area contributed by atoms with Crippen LogP contribution in [0.25, 0.3) is 0 Å². The van der Waals surface area contributed by atoms with Crippen LogP contribution in [-0.2, 0) is 4.74 Å². The maximum absolute atomic E-state index is 11.8. The Morgan fingerprint density at radius 3 is 2.72 bits per heavy atom. The summed E-state index contributed by atoms with van der Waals surface area (Å²) >= 11 is 0. The predicted molar refractivity (Wildman–Crippen MR) is 100 cm³/mol. The first-order valence-electron chi connectivity index (χ1n) is 8.81. The molecule has 25 heavy (non-hydrogen) atoms. The molecular weight excluding hydrogens is 310 g/mol. The van der Waals surface area contributed by atoms with Crippen LogP contribution in [-0.4, -0.2) is 13.1 Å². The van der Waals surface area contributed by atoms with Gasteiger partial charge in [-0.05, 0) is 61.1 Å². The zero-order chi connectivity index (χ0) is 17.6. The van der Waals surface area contributed by atoms with Crippen LogP contribution in [0, 0.1) is 19.8 Å². The molecule has 1 N–H and O–H groups in total. The number of benzene rings is 2. The number of esters is 1. The second-order valence-corrected chi connectivity index (χ2v) is 7.13. The molecule has 0 radical (unpaired) electrons. The number of anilines is 1. The van der Waals surface area contributed by atoms with E-state index in [1.807, 2.05) is 12.1 Å². The zero-order valence-electron chi connectivity index (χ0n) is 14.9. The third-order valence-electron chi connectivity index (χ3n) is 5.54. The second kappa shape index (κ2) is 6.07. The van der Waals surface area contributed by atoms with Gasteiger partial charge < -0.3 is 10.1 Å². The SMILES string of the molecule is COC(=O)c1ccc(C2Nc3ccc(C)cc3C3C=CCC32)c(C)c1. The van der Waals surface area contributed by atoms with E-state index in [0.717, 1.165) is 12.0 Å². The summed E-state index contributed by atoms with van der Waals surface area (Å²) in [6.45, 7) is 4.22. The van der Waals surface area contributed by atoms with Crippen LogP contribution < -0.4 is 5.32 Å². The lowest BCUT2D eigenvalue weighted by atomic mass is 9.76. The molecule has 2 aromatic carbocycles. The van der Waals surface area contributed by atoms with Gasteiger partial charge in [0.25, 0.3) is 0 Å². The fourth-order valence-corrected chi connectivity index (χ4v) is 4.29. The van der Waals surface area contributed by atoms with Gasteiger partial charge in [0.1, 0.15) is 0 Å². The number of carbonyl (C=O) groups excluding carboxylic acids is 1. The predicted octanol–water partition coefficient (Wildman–Crippen LogP) is 4.92. The lowest BCUT2D eigenvalue weighted by Gasteiger charge is -2.38. The highest BCUT2D eigenvalue weighted by atomic mass is 16.5. The van der Waals surface area contributed by atoms with E-state index in [4.69, 9.17) is 4.74 Å². The Morgan fingerprint density at radius 2 is 1.96 bits per heavy atom. The molecule has 2 aliphatic rings. The summed E-state index contributed by atoms with van der Waals surface area (Å²) in [6, 6.07) is 12.8. The Morgan fingerprint density at radius 1 is 1.12 bits per heavy atom. The van der Waals surface area contributed by atoms with Crippen molar-refractivity contribution in [3.8, 4) is 0 Å². The molecule has 3 unspecified atom stereocenters. The molecule has 2 aromatic rings. The fraction of sp³-hybridized carbons (Fsp3) is 0.318. The van der Waals surface area contributed by atoms with E-state index in [-0.39, 0.29) is 12.0 Å². The topological polar surface area (TPSA) is 38.3 Å². The number of nitrogens with one attached hydrogen (secondary N) is 1. The number of rotatable bonds is 2. The highest BCUT2D eigenvalue weighted by molar-refractivity contribution is 5.89. The summed E-state index contributed by atoms with van der Waals surface area (Å²) in [7, 11) is 1.42. The first-order chi connectivity index (χ1) is 12.1. The number of fused-ring (bicyclic) bond motifs is 3. The Labute approximate surface area is 148 Å². The molecule has 4 rings (SSSR count). The van der Waals surface area contributed by atoms with Crippen molar-refractivity contribution in [3.05, 3.63) is 76.4 Å². The number of methoxy groups -OCH3 is 1. The van der Waals surface area contributed by atoms with Crippen molar-refractivity contribution < 1.29 is 9.53 Å². The van der Waals surface area contributed by atoms with Crippen LogP contribution >= 0.6 is 0 Å². The molecule has 0 bridgehead atoms. The van der Waals surface area contributed by atoms with Gasteiger partial charge in [-0.1, -0.05) is 35.9 Å². The Kier molecular flexibility index (Phi) is 3.87. The molecule has 1 heterocycles. The van der Waals surface area contributed by atoms with Gasteiger partial charge in [0.2, 0.25) is 0 Å². The fourth-order valence-electron chi connectivity index (χ4n) is 4.29. The van der Waals surface area contributed by atoms with Gasteiger partial charge in [0.15, 0.2) is 0 Å². The van der Waals surface area contributed by atoms with Gasteiger partial charge in [-0.2, -0.15) is 0 Å². The van der Waals surface area contributed by atoms with Gasteiger partial charge >= 0.3 is 5.97 Å². The molecule has 0 saturated heterocycles. The van der Waals surface area contributed by atoms with Crippen molar-refractivity contribution in [3.63, 3.8) is 0 Å². The second-order valence-electron chi connectivity index (χ2n) is 7.13.